The highest BCUT2D eigenvalue weighted by Crippen LogP contribution is 2.25. The van der Waals surface area contributed by atoms with Gasteiger partial charge in [-0.05, 0) is 31.9 Å². The van der Waals surface area contributed by atoms with Crippen LogP contribution in [0.4, 0.5) is 5.69 Å². The molecule has 0 aliphatic carbocycles. The molecule has 0 fully saturated rings. The molecule has 16 heavy (non-hydrogen) atoms. The van der Waals surface area contributed by atoms with E-state index in [0.717, 1.165) is 0 Å². The molecular formula is C11H15NO4. The summed E-state index contributed by atoms with van der Waals surface area (Å²) in [5.74, 6) is 0.589. The van der Waals surface area contributed by atoms with Gasteiger partial charge in [-0.25, -0.2) is 0 Å². The van der Waals surface area contributed by atoms with Gasteiger partial charge in [0.15, 0.2) is 0 Å². The molecule has 88 valence electrons. The zero-order chi connectivity index (χ0) is 12.1. The summed E-state index contributed by atoms with van der Waals surface area (Å²) in [7, 11) is 1.51. The molecule has 0 aliphatic heterocycles. The van der Waals surface area contributed by atoms with Gasteiger partial charge in [0.2, 0.25) is 0 Å². The van der Waals surface area contributed by atoms with Gasteiger partial charge in [-0.3, -0.25) is 10.1 Å². The lowest BCUT2D eigenvalue weighted by Crippen LogP contribution is -2.03. The van der Waals surface area contributed by atoms with Gasteiger partial charge in [-0.2, -0.15) is 0 Å². The van der Waals surface area contributed by atoms with Gasteiger partial charge in [-0.1, -0.05) is 0 Å². The third-order valence-corrected chi connectivity index (χ3v) is 2.31. The summed E-state index contributed by atoms with van der Waals surface area (Å²) in [6, 6.07) is 4.63. The monoisotopic (exact) mass is 225 g/mol. The van der Waals surface area contributed by atoms with Crippen molar-refractivity contribution in [3.05, 3.63) is 33.9 Å². The highest BCUT2D eigenvalue weighted by Gasteiger charge is 2.14. The number of aryl methyl sites for hydroxylation is 1. The summed E-state index contributed by atoms with van der Waals surface area (Å²) < 4.78 is 5.01. The molecule has 1 aromatic rings. The minimum Gasteiger partial charge on any atom is -0.497 e. The fraction of sp³-hybridized carbons (Fsp3) is 0.455. The van der Waals surface area contributed by atoms with Crippen molar-refractivity contribution in [1.29, 1.82) is 0 Å². The molecule has 1 rings (SSSR count). The van der Waals surface area contributed by atoms with Crippen molar-refractivity contribution in [3.8, 4) is 5.75 Å². The normalized spacial score (nSPS) is 12.2. The van der Waals surface area contributed by atoms with Crippen LogP contribution in [0, 0.1) is 10.1 Å². The molecule has 0 spiro atoms. The number of methoxy groups -OCH3 is 1. The second kappa shape index (κ2) is 5.46. The smallest absolute Gasteiger partial charge is 0.272 e. The minimum absolute atomic E-state index is 0.0708. The molecule has 0 aromatic heterocycles. The number of nitro groups is 1. The zero-order valence-electron chi connectivity index (χ0n) is 9.34. The fourth-order valence-electron chi connectivity index (χ4n) is 1.43. The van der Waals surface area contributed by atoms with E-state index in [2.05, 4.69) is 0 Å². The second-order valence-electron chi connectivity index (χ2n) is 3.64. The predicted octanol–water partition coefficient (Wildman–Crippen LogP) is 1.92. The Morgan fingerprint density at radius 3 is 2.75 bits per heavy atom. The highest BCUT2D eigenvalue weighted by molar-refractivity contribution is 5.45. The first-order valence-corrected chi connectivity index (χ1v) is 5.04. The zero-order valence-corrected chi connectivity index (χ0v) is 9.34. The van der Waals surface area contributed by atoms with Crippen LogP contribution in [0.2, 0.25) is 0 Å². The first-order valence-electron chi connectivity index (χ1n) is 5.04. The molecule has 0 saturated heterocycles. The Bertz CT molecular complexity index is 376. The lowest BCUT2D eigenvalue weighted by molar-refractivity contribution is -0.385. The molecule has 0 saturated carbocycles. The van der Waals surface area contributed by atoms with E-state index in [-0.39, 0.29) is 5.69 Å². The summed E-state index contributed by atoms with van der Waals surface area (Å²) >= 11 is 0. The van der Waals surface area contributed by atoms with E-state index < -0.39 is 11.0 Å². The van der Waals surface area contributed by atoms with Crippen molar-refractivity contribution >= 4 is 5.69 Å². The van der Waals surface area contributed by atoms with Crippen molar-refractivity contribution in [1.82, 2.24) is 0 Å². The van der Waals surface area contributed by atoms with Crippen LogP contribution in [0.15, 0.2) is 18.2 Å². The number of hydrogen-bond acceptors (Lipinski definition) is 4. The van der Waals surface area contributed by atoms with Crippen molar-refractivity contribution in [2.45, 2.75) is 25.9 Å². The Labute approximate surface area is 93.8 Å². The van der Waals surface area contributed by atoms with E-state index in [0.29, 0.717) is 24.2 Å². The summed E-state index contributed by atoms with van der Waals surface area (Å²) in [6.07, 6.45) is 0.491. The Morgan fingerprint density at radius 2 is 2.25 bits per heavy atom. The highest BCUT2D eigenvalue weighted by atomic mass is 16.6. The molecule has 0 radical (unpaired) electrons. The lowest BCUT2D eigenvalue weighted by atomic mass is 10.1. The average molecular weight is 225 g/mol. The molecule has 1 atom stereocenters. The molecule has 5 nitrogen and oxygen atoms in total. The molecule has 1 N–H and O–H groups in total. The topological polar surface area (TPSA) is 72.6 Å². The first-order chi connectivity index (χ1) is 7.54. The third kappa shape index (κ3) is 3.20. The van der Waals surface area contributed by atoms with E-state index in [1.54, 1.807) is 19.1 Å². The summed E-state index contributed by atoms with van der Waals surface area (Å²) in [6.45, 7) is 1.66. The SMILES string of the molecule is COc1ccc([N+](=O)[O-])c(CCC(C)O)c1. The molecule has 0 amide bonds. The molecule has 0 bridgehead atoms. The maximum absolute atomic E-state index is 10.8. The molecule has 0 aliphatic rings. The van der Waals surface area contributed by atoms with E-state index in [1.807, 2.05) is 0 Å². The van der Waals surface area contributed by atoms with Crippen molar-refractivity contribution in [3.63, 3.8) is 0 Å². The quantitative estimate of drug-likeness (QED) is 0.613. The van der Waals surface area contributed by atoms with Crippen LogP contribution in [0.25, 0.3) is 0 Å². The van der Waals surface area contributed by atoms with Crippen molar-refractivity contribution in [2.75, 3.05) is 7.11 Å². The number of nitrogens with zero attached hydrogens (tertiary/aromatic N) is 1. The van der Waals surface area contributed by atoms with E-state index in [9.17, 15) is 10.1 Å². The molecule has 1 aromatic carbocycles. The Kier molecular flexibility index (Phi) is 4.25. The van der Waals surface area contributed by atoms with E-state index >= 15 is 0 Å². The van der Waals surface area contributed by atoms with E-state index in [4.69, 9.17) is 9.84 Å². The number of aliphatic hydroxyl groups is 1. The van der Waals surface area contributed by atoms with Crippen LogP contribution in [0.1, 0.15) is 18.9 Å². The number of rotatable bonds is 5. The fourth-order valence-corrected chi connectivity index (χ4v) is 1.43. The molecule has 0 heterocycles. The number of aliphatic hydroxyl groups excluding tert-OH is 1. The van der Waals surface area contributed by atoms with Crippen LogP contribution in [-0.4, -0.2) is 23.2 Å². The largest absolute Gasteiger partial charge is 0.497 e. The van der Waals surface area contributed by atoms with Gasteiger partial charge < -0.3 is 9.84 Å². The van der Waals surface area contributed by atoms with Gasteiger partial charge in [0.25, 0.3) is 5.69 Å². The summed E-state index contributed by atoms with van der Waals surface area (Å²) in [5.41, 5.74) is 0.659. The van der Waals surface area contributed by atoms with Gasteiger partial charge >= 0.3 is 0 Å². The van der Waals surface area contributed by atoms with Gasteiger partial charge in [0, 0.05) is 11.6 Å². The lowest BCUT2D eigenvalue weighted by Gasteiger charge is -2.07. The minimum atomic E-state index is -0.467. The molecular weight excluding hydrogens is 210 g/mol. The van der Waals surface area contributed by atoms with Crippen LogP contribution in [0.5, 0.6) is 5.75 Å². The third-order valence-electron chi connectivity index (χ3n) is 2.31. The maximum atomic E-state index is 10.8. The number of nitro benzene ring substituents is 1. The molecule has 1 unspecified atom stereocenters. The van der Waals surface area contributed by atoms with Gasteiger partial charge in [0.05, 0.1) is 18.1 Å². The number of ether oxygens (including phenoxy) is 1. The first kappa shape index (κ1) is 12.4. The maximum Gasteiger partial charge on any atom is 0.272 e. The van der Waals surface area contributed by atoms with Crippen molar-refractivity contribution < 1.29 is 14.8 Å². The Balaban J connectivity index is 2.96. The van der Waals surface area contributed by atoms with Crippen LogP contribution >= 0.6 is 0 Å². The number of hydrogen-bond donors (Lipinski definition) is 1. The van der Waals surface area contributed by atoms with E-state index in [1.165, 1.54) is 13.2 Å². The Morgan fingerprint density at radius 1 is 1.56 bits per heavy atom. The summed E-state index contributed by atoms with van der Waals surface area (Å²) in [4.78, 5) is 10.3. The standard InChI is InChI=1S/C11H15NO4/c1-8(13)3-4-9-7-10(16-2)5-6-11(9)12(14)15/h5-8,13H,3-4H2,1-2H3. The van der Waals surface area contributed by atoms with Gasteiger partial charge in [0.1, 0.15) is 5.75 Å². The second-order valence-corrected chi connectivity index (χ2v) is 3.64. The number of benzene rings is 1. The summed E-state index contributed by atoms with van der Waals surface area (Å²) in [5, 5.41) is 19.9. The predicted molar refractivity (Wildman–Crippen MR) is 59.7 cm³/mol. The average Bonchev–Trinajstić information content (AvgIpc) is 2.25. The van der Waals surface area contributed by atoms with Gasteiger partial charge in [-0.15, -0.1) is 0 Å². The Hall–Kier alpha value is -1.62. The van der Waals surface area contributed by atoms with Crippen LogP contribution < -0.4 is 4.74 Å². The van der Waals surface area contributed by atoms with Crippen LogP contribution in [0.3, 0.4) is 0 Å². The van der Waals surface area contributed by atoms with Crippen LogP contribution in [-0.2, 0) is 6.42 Å². The molecule has 5 heteroatoms. The van der Waals surface area contributed by atoms with Crippen molar-refractivity contribution in [2.24, 2.45) is 0 Å².